The highest BCUT2D eigenvalue weighted by Crippen LogP contribution is 2.02. The first-order valence-corrected chi connectivity index (χ1v) is 6.67. The maximum atomic E-state index is 11.1. The summed E-state index contributed by atoms with van der Waals surface area (Å²) >= 11 is 0. The van der Waals surface area contributed by atoms with Crippen LogP contribution in [0.5, 0.6) is 0 Å². The molecule has 0 aliphatic carbocycles. The van der Waals surface area contributed by atoms with E-state index in [4.69, 9.17) is 10.5 Å². The Labute approximate surface area is 85.1 Å². The average Bonchev–Trinajstić information content (AvgIpc) is 2.15. The van der Waals surface area contributed by atoms with E-state index in [1.807, 2.05) is 0 Å². The highest BCUT2D eigenvalue weighted by Gasteiger charge is 2.20. The number of hydrogen-bond acceptors (Lipinski definition) is 5. The number of nitrogens with zero attached hydrogens (tertiary/aromatic N) is 1. The zero-order chi connectivity index (χ0) is 10.4. The first kappa shape index (κ1) is 11.9. The summed E-state index contributed by atoms with van der Waals surface area (Å²) in [7, 11) is -2.75. The number of sulfone groups is 1. The van der Waals surface area contributed by atoms with Crippen LogP contribution in [-0.4, -0.2) is 64.2 Å². The minimum Gasteiger partial charge on any atom is -0.379 e. The van der Waals surface area contributed by atoms with Crippen molar-refractivity contribution in [2.75, 3.05) is 50.9 Å². The van der Waals surface area contributed by atoms with E-state index in [0.717, 1.165) is 6.54 Å². The molecule has 1 aliphatic rings. The number of rotatable bonds is 5. The normalized spacial score (nSPS) is 22.4. The average molecular weight is 222 g/mol. The lowest BCUT2D eigenvalue weighted by Crippen LogP contribution is -2.41. The van der Waals surface area contributed by atoms with Gasteiger partial charge in [0.2, 0.25) is 0 Å². The van der Waals surface area contributed by atoms with Crippen molar-refractivity contribution in [2.24, 2.45) is 5.73 Å². The number of hydrogen-bond donors (Lipinski definition) is 1. The molecule has 6 heteroatoms. The SMILES string of the molecule is NCCOCCN1CCS(=O)(=O)CC1. The van der Waals surface area contributed by atoms with Crippen LogP contribution in [0.2, 0.25) is 0 Å². The van der Waals surface area contributed by atoms with Gasteiger partial charge in [-0.3, -0.25) is 4.90 Å². The van der Waals surface area contributed by atoms with Crippen molar-refractivity contribution in [3.8, 4) is 0 Å². The highest BCUT2D eigenvalue weighted by atomic mass is 32.2. The topological polar surface area (TPSA) is 72.6 Å². The molecule has 1 saturated heterocycles. The summed E-state index contributed by atoms with van der Waals surface area (Å²) in [6, 6.07) is 0. The highest BCUT2D eigenvalue weighted by molar-refractivity contribution is 7.91. The van der Waals surface area contributed by atoms with Gasteiger partial charge in [0.05, 0.1) is 24.7 Å². The Kier molecular flexibility index (Phi) is 4.80. The van der Waals surface area contributed by atoms with Crippen LogP contribution >= 0.6 is 0 Å². The lowest BCUT2D eigenvalue weighted by molar-refractivity contribution is 0.112. The van der Waals surface area contributed by atoms with Gasteiger partial charge in [-0.1, -0.05) is 0 Å². The van der Waals surface area contributed by atoms with E-state index >= 15 is 0 Å². The van der Waals surface area contributed by atoms with E-state index in [1.165, 1.54) is 0 Å². The molecular formula is C8H18N2O3S. The smallest absolute Gasteiger partial charge is 0.152 e. The van der Waals surface area contributed by atoms with Gasteiger partial charge >= 0.3 is 0 Å². The van der Waals surface area contributed by atoms with Crippen LogP contribution in [0.3, 0.4) is 0 Å². The maximum absolute atomic E-state index is 11.1. The summed E-state index contributed by atoms with van der Waals surface area (Å²) in [5.74, 6) is 0.563. The van der Waals surface area contributed by atoms with Crippen LogP contribution in [-0.2, 0) is 14.6 Å². The summed E-state index contributed by atoms with van der Waals surface area (Å²) in [5, 5.41) is 0. The van der Waals surface area contributed by atoms with E-state index < -0.39 is 9.84 Å². The third kappa shape index (κ3) is 4.36. The van der Waals surface area contributed by atoms with E-state index in [9.17, 15) is 8.42 Å². The largest absolute Gasteiger partial charge is 0.379 e. The second-order valence-corrected chi connectivity index (χ2v) is 5.70. The fraction of sp³-hybridized carbons (Fsp3) is 1.00. The Morgan fingerprint density at radius 1 is 1.21 bits per heavy atom. The lowest BCUT2D eigenvalue weighted by atomic mass is 10.5. The van der Waals surface area contributed by atoms with E-state index in [2.05, 4.69) is 4.90 Å². The van der Waals surface area contributed by atoms with Crippen molar-refractivity contribution in [2.45, 2.75) is 0 Å². The molecule has 1 fully saturated rings. The summed E-state index contributed by atoms with van der Waals surface area (Å²) in [5.41, 5.74) is 5.27. The molecule has 1 aliphatic heterocycles. The van der Waals surface area contributed by atoms with Crippen molar-refractivity contribution in [3.63, 3.8) is 0 Å². The molecule has 0 amide bonds. The third-order valence-corrected chi connectivity index (χ3v) is 3.86. The predicted molar refractivity (Wildman–Crippen MR) is 55.0 cm³/mol. The Hall–Kier alpha value is -0.170. The molecule has 0 bridgehead atoms. The van der Waals surface area contributed by atoms with E-state index in [0.29, 0.717) is 32.8 Å². The first-order chi connectivity index (χ1) is 6.64. The zero-order valence-electron chi connectivity index (χ0n) is 8.31. The minimum atomic E-state index is -2.75. The molecule has 5 nitrogen and oxygen atoms in total. The van der Waals surface area contributed by atoms with Gasteiger partial charge in [0.25, 0.3) is 0 Å². The Bertz CT molecular complexity index is 239. The van der Waals surface area contributed by atoms with Gasteiger partial charge in [0.1, 0.15) is 0 Å². The lowest BCUT2D eigenvalue weighted by Gasteiger charge is -2.26. The van der Waals surface area contributed by atoms with Crippen molar-refractivity contribution in [3.05, 3.63) is 0 Å². The van der Waals surface area contributed by atoms with Crippen LogP contribution in [0.15, 0.2) is 0 Å². The summed E-state index contributed by atoms with van der Waals surface area (Å²) in [6.07, 6.45) is 0. The molecule has 0 saturated carbocycles. The second kappa shape index (κ2) is 5.65. The van der Waals surface area contributed by atoms with Gasteiger partial charge in [0.15, 0.2) is 9.84 Å². The molecule has 0 radical (unpaired) electrons. The molecule has 84 valence electrons. The number of nitrogens with two attached hydrogens (primary N) is 1. The fourth-order valence-electron chi connectivity index (χ4n) is 1.35. The maximum Gasteiger partial charge on any atom is 0.152 e. The Morgan fingerprint density at radius 3 is 2.43 bits per heavy atom. The van der Waals surface area contributed by atoms with Crippen molar-refractivity contribution in [1.82, 2.24) is 4.90 Å². The molecule has 0 unspecified atom stereocenters. The molecule has 0 aromatic carbocycles. The molecule has 0 aromatic heterocycles. The number of ether oxygens (including phenoxy) is 1. The quantitative estimate of drug-likeness (QED) is 0.585. The summed E-state index contributed by atoms with van der Waals surface area (Å²) in [6.45, 7) is 3.82. The van der Waals surface area contributed by atoms with Gasteiger partial charge in [0, 0.05) is 26.2 Å². The van der Waals surface area contributed by atoms with Crippen LogP contribution in [0.4, 0.5) is 0 Å². The van der Waals surface area contributed by atoms with E-state index in [-0.39, 0.29) is 11.5 Å². The van der Waals surface area contributed by atoms with Gasteiger partial charge in [-0.15, -0.1) is 0 Å². The zero-order valence-corrected chi connectivity index (χ0v) is 9.13. The second-order valence-electron chi connectivity index (χ2n) is 3.39. The standard InChI is InChI=1S/C8H18N2O3S/c9-1-5-13-6-2-10-3-7-14(11,12)8-4-10/h1-9H2. The summed E-state index contributed by atoms with van der Waals surface area (Å²) < 4.78 is 27.4. The minimum absolute atomic E-state index is 0.282. The molecule has 14 heavy (non-hydrogen) atoms. The van der Waals surface area contributed by atoms with Crippen LogP contribution in [0.25, 0.3) is 0 Å². The molecule has 0 spiro atoms. The molecule has 1 rings (SSSR count). The Morgan fingerprint density at radius 2 is 1.86 bits per heavy atom. The molecular weight excluding hydrogens is 204 g/mol. The molecule has 2 N–H and O–H groups in total. The van der Waals surface area contributed by atoms with Gasteiger partial charge in [-0.25, -0.2) is 8.42 Å². The van der Waals surface area contributed by atoms with Crippen LogP contribution in [0.1, 0.15) is 0 Å². The fourth-order valence-corrected chi connectivity index (χ4v) is 2.63. The molecule has 1 heterocycles. The van der Waals surface area contributed by atoms with Gasteiger partial charge in [-0.2, -0.15) is 0 Å². The van der Waals surface area contributed by atoms with Crippen LogP contribution in [0, 0.1) is 0 Å². The van der Waals surface area contributed by atoms with Crippen molar-refractivity contribution in [1.29, 1.82) is 0 Å². The van der Waals surface area contributed by atoms with Gasteiger partial charge < -0.3 is 10.5 Å². The Balaban J connectivity index is 2.10. The first-order valence-electron chi connectivity index (χ1n) is 4.84. The van der Waals surface area contributed by atoms with Crippen molar-refractivity contribution >= 4 is 9.84 Å². The molecule has 0 atom stereocenters. The van der Waals surface area contributed by atoms with E-state index in [1.54, 1.807) is 0 Å². The van der Waals surface area contributed by atoms with Crippen molar-refractivity contribution < 1.29 is 13.2 Å². The predicted octanol–water partition coefficient (Wildman–Crippen LogP) is -1.31. The summed E-state index contributed by atoms with van der Waals surface area (Å²) in [4.78, 5) is 2.11. The van der Waals surface area contributed by atoms with Gasteiger partial charge in [-0.05, 0) is 0 Å². The van der Waals surface area contributed by atoms with Crippen LogP contribution < -0.4 is 5.73 Å². The third-order valence-electron chi connectivity index (χ3n) is 2.25. The molecule has 0 aromatic rings. The monoisotopic (exact) mass is 222 g/mol.